The molecule has 0 radical (unpaired) electrons. The number of hydrogen-bond acceptors (Lipinski definition) is 3. The summed E-state index contributed by atoms with van der Waals surface area (Å²) in [7, 11) is 0. The second-order valence-corrected chi connectivity index (χ2v) is 4.12. The van der Waals surface area contributed by atoms with Crippen molar-refractivity contribution in [3.8, 4) is 6.07 Å². The predicted octanol–water partition coefficient (Wildman–Crippen LogP) is 1.59. The van der Waals surface area contributed by atoms with Gasteiger partial charge in [0.2, 0.25) is 0 Å². The maximum absolute atomic E-state index is 11.7. The Bertz CT molecular complexity index is 484. The van der Waals surface area contributed by atoms with Crippen LogP contribution in [0.1, 0.15) is 18.1 Å². The van der Waals surface area contributed by atoms with Gasteiger partial charge in [-0.1, -0.05) is 0 Å². The zero-order chi connectivity index (χ0) is 11.8. The van der Waals surface area contributed by atoms with Crippen LogP contribution in [0, 0.1) is 18.3 Å². The zero-order valence-corrected chi connectivity index (χ0v) is 9.20. The highest BCUT2D eigenvalue weighted by Gasteiger charge is 2.47. The van der Waals surface area contributed by atoms with Gasteiger partial charge in [-0.2, -0.15) is 5.26 Å². The van der Waals surface area contributed by atoms with Gasteiger partial charge in [0.1, 0.15) is 0 Å². The third kappa shape index (κ3) is 1.90. The first-order chi connectivity index (χ1) is 7.55. The Labute approximate surface area is 93.8 Å². The second kappa shape index (κ2) is 3.62. The summed E-state index contributed by atoms with van der Waals surface area (Å²) in [4.78, 5) is 11.7. The summed E-state index contributed by atoms with van der Waals surface area (Å²) in [6.45, 7) is 4.05. The van der Waals surface area contributed by atoms with Crippen LogP contribution in [0.15, 0.2) is 18.2 Å². The Morgan fingerprint density at radius 1 is 1.62 bits per heavy atom. The molecule has 2 rings (SSSR count). The van der Waals surface area contributed by atoms with Crippen LogP contribution in [0.25, 0.3) is 0 Å². The van der Waals surface area contributed by atoms with Crippen LogP contribution in [-0.4, -0.2) is 18.1 Å². The minimum atomic E-state index is -0.665. The fraction of sp³-hybridized carbons (Fsp3) is 0.333. The van der Waals surface area contributed by atoms with Gasteiger partial charge < -0.3 is 10.1 Å². The van der Waals surface area contributed by atoms with E-state index in [4.69, 9.17) is 10.00 Å². The van der Waals surface area contributed by atoms with E-state index in [1.165, 1.54) is 0 Å². The lowest BCUT2D eigenvalue weighted by molar-refractivity contribution is -0.120. The lowest BCUT2D eigenvalue weighted by Crippen LogP contribution is -2.28. The molecule has 4 nitrogen and oxygen atoms in total. The Balaban J connectivity index is 2.14. The molecule has 0 aliphatic carbocycles. The van der Waals surface area contributed by atoms with Gasteiger partial charge in [-0.3, -0.25) is 4.79 Å². The summed E-state index contributed by atoms with van der Waals surface area (Å²) in [6, 6.07) is 7.27. The summed E-state index contributed by atoms with van der Waals surface area (Å²) in [5.74, 6) is -0.142. The van der Waals surface area contributed by atoms with Crippen molar-refractivity contribution in [2.45, 2.75) is 19.4 Å². The number of benzene rings is 1. The lowest BCUT2D eigenvalue weighted by atomic mass is 10.1. The van der Waals surface area contributed by atoms with E-state index in [9.17, 15) is 4.79 Å². The number of amides is 1. The van der Waals surface area contributed by atoms with Crippen LogP contribution in [-0.2, 0) is 9.53 Å². The van der Waals surface area contributed by atoms with Gasteiger partial charge >= 0.3 is 0 Å². The number of hydrogen-bond donors (Lipinski definition) is 1. The fourth-order valence-corrected chi connectivity index (χ4v) is 1.37. The Hall–Kier alpha value is -1.86. The van der Waals surface area contributed by atoms with Crippen molar-refractivity contribution in [3.63, 3.8) is 0 Å². The quantitative estimate of drug-likeness (QED) is 0.763. The average molecular weight is 216 g/mol. The molecule has 4 heteroatoms. The Morgan fingerprint density at radius 3 is 2.81 bits per heavy atom. The first kappa shape index (κ1) is 10.7. The van der Waals surface area contributed by atoms with Crippen LogP contribution >= 0.6 is 0 Å². The van der Waals surface area contributed by atoms with Gasteiger partial charge in [0, 0.05) is 5.69 Å². The topological polar surface area (TPSA) is 65.4 Å². The van der Waals surface area contributed by atoms with Crippen molar-refractivity contribution >= 4 is 11.6 Å². The van der Waals surface area contributed by atoms with E-state index in [1.54, 1.807) is 25.1 Å². The van der Waals surface area contributed by atoms with Crippen LogP contribution in [0.3, 0.4) is 0 Å². The molecule has 1 aromatic carbocycles. The molecule has 1 aliphatic heterocycles. The van der Waals surface area contributed by atoms with Gasteiger partial charge in [0.15, 0.2) is 5.60 Å². The molecule has 1 fully saturated rings. The van der Waals surface area contributed by atoms with E-state index in [1.807, 2.05) is 6.92 Å². The lowest BCUT2D eigenvalue weighted by Gasteiger charge is -2.08. The minimum absolute atomic E-state index is 0.142. The first-order valence-corrected chi connectivity index (χ1v) is 5.01. The third-order valence-electron chi connectivity index (χ3n) is 2.66. The molecule has 1 N–H and O–H groups in total. The van der Waals surface area contributed by atoms with E-state index in [0.29, 0.717) is 17.9 Å². The predicted molar refractivity (Wildman–Crippen MR) is 58.9 cm³/mol. The highest BCUT2D eigenvalue weighted by molar-refractivity contribution is 5.98. The van der Waals surface area contributed by atoms with Gasteiger partial charge in [-0.15, -0.1) is 0 Å². The summed E-state index contributed by atoms with van der Waals surface area (Å²) in [5.41, 5.74) is 1.49. The largest absolute Gasteiger partial charge is 0.359 e. The number of epoxide rings is 1. The van der Waals surface area contributed by atoms with Crippen molar-refractivity contribution in [1.29, 1.82) is 5.26 Å². The molecule has 1 aliphatic rings. The number of nitrogens with zero attached hydrogens (tertiary/aromatic N) is 1. The molecule has 0 spiro atoms. The molecule has 1 heterocycles. The molecule has 1 aromatic rings. The molecule has 1 amide bonds. The van der Waals surface area contributed by atoms with Gasteiger partial charge in [0.05, 0.1) is 18.2 Å². The first-order valence-electron chi connectivity index (χ1n) is 5.01. The normalized spacial score (nSPS) is 22.3. The number of nitrogens with one attached hydrogen (secondary N) is 1. The molecule has 0 unspecified atom stereocenters. The van der Waals surface area contributed by atoms with Crippen molar-refractivity contribution < 1.29 is 9.53 Å². The van der Waals surface area contributed by atoms with Crippen LogP contribution in [0.5, 0.6) is 0 Å². The second-order valence-electron chi connectivity index (χ2n) is 4.12. The van der Waals surface area contributed by atoms with Crippen molar-refractivity contribution in [2.24, 2.45) is 0 Å². The van der Waals surface area contributed by atoms with Crippen LogP contribution < -0.4 is 5.32 Å². The van der Waals surface area contributed by atoms with E-state index in [0.717, 1.165) is 5.56 Å². The monoisotopic (exact) mass is 216 g/mol. The van der Waals surface area contributed by atoms with E-state index in [2.05, 4.69) is 11.4 Å². The number of nitriles is 1. The summed E-state index contributed by atoms with van der Waals surface area (Å²) >= 11 is 0. The molecular formula is C12H12N2O2. The molecule has 0 bridgehead atoms. The van der Waals surface area contributed by atoms with E-state index >= 15 is 0 Å². The van der Waals surface area contributed by atoms with Crippen LogP contribution in [0.2, 0.25) is 0 Å². The number of ether oxygens (including phenoxy) is 1. The summed E-state index contributed by atoms with van der Waals surface area (Å²) in [6.07, 6.45) is 0. The SMILES string of the molecule is Cc1cc(NC(=O)[C@]2(C)CO2)ccc1C#N. The highest BCUT2D eigenvalue weighted by atomic mass is 16.6. The zero-order valence-electron chi connectivity index (χ0n) is 9.20. The molecule has 16 heavy (non-hydrogen) atoms. The summed E-state index contributed by atoms with van der Waals surface area (Å²) in [5, 5.41) is 11.5. The molecule has 82 valence electrons. The standard InChI is InChI=1S/C12H12N2O2/c1-8-5-10(4-3-9(8)6-13)14-11(15)12(2)7-16-12/h3-5H,7H2,1-2H3,(H,14,15)/t12-/m0/s1. The van der Waals surface area contributed by atoms with Crippen molar-refractivity contribution in [2.75, 3.05) is 11.9 Å². The Kier molecular flexibility index (Phi) is 2.41. The number of carbonyl (C=O) groups is 1. The molecule has 1 saturated heterocycles. The smallest absolute Gasteiger partial charge is 0.258 e. The molecule has 1 atom stereocenters. The minimum Gasteiger partial charge on any atom is -0.359 e. The fourth-order valence-electron chi connectivity index (χ4n) is 1.37. The maximum Gasteiger partial charge on any atom is 0.258 e. The molecular weight excluding hydrogens is 204 g/mol. The average Bonchev–Trinajstić information content (AvgIpc) is 2.98. The molecule has 0 aromatic heterocycles. The number of carbonyl (C=O) groups excluding carboxylic acids is 1. The molecule has 0 saturated carbocycles. The van der Waals surface area contributed by atoms with E-state index < -0.39 is 5.60 Å². The van der Waals surface area contributed by atoms with Gasteiger partial charge in [0.25, 0.3) is 5.91 Å². The van der Waals surface area contributed by atoms with Crippen molar-refractivity contribution in [3.05, 3.63) is 29.3 Å². The number of anilines is 1. The number of rotatable bonds is 2. The maximum atomic E-state index is 11.7. The van der Waals surface area contributed by atoms with Crippen molar-refractivity contribution in [1.82, 2.24) is 0 Å². The van der Waals surface area contributed by atoms with Gasteiger partial charge in [-0.25, -0.2) is 0 Å². The number of aryl methyl sites for hydroxylation is 1. The Morgan fingerprint density at radius 2 is 2.31 bits per heavy atom. The summed E-state index contributed by atoms with van der Waals surface area (Å²) < 4.78 is 5.04. The third-order valence-corrected chi connectivity index (χ3v) is 2.66. The highest BCUT2D eigenvalue weighted by Crippen LogP contribution is 2.27. The van der Waals surface area contributed by atoms with E-state index in [-0.39, 0.29) is 5.91 Å². The van der Waals surface area contributed by atoms with Gasteiger partial charge in [-0.05, 0) is 37.6 Å². The van der Waals surface area contributed by atoms with Crippen LogP contribution in [0.4, 0.5) is 5.69 Å².